The smallest absolute Gasteiger partial charge is 0.343 e. The summed E-state index contributed by atoms with van der Waals surface area (Å²) in [6, 6.07) is 42.7. The van der Waals surface area contributed by atoms with Crippen molar-refractivity contribution >= 4 is 11.9 Å². The van der Waals surface area contributed by atoms with Gasteiger partial charge in [0.2, 0.25) is 6.29 Å². The zero-order chi connectivity index (χ0) is 33.8. The molecule has 9 heteroatoms. The Morgan fingerprint density at radius 3 is 1.69 bits per heavy atom. The van der Waals surface area contributed by atoms with Gasteiger partial charge in [0.15, 0.2) is 6.10 Å². The van der Waals surface area contributed by atoms with Gasteiger partial charge in [-0.05, 0) is 59.7 Å². The first-order chi connectivity index (χ1) is 24.0. The SMILES string of the molecule is O=C(Oc1ccc(OC2O[C@H](COCc3ccccc3)[C@H](OCc3ccccc3)[C@H](O)[C@H]2OC(=O)c2ccccc2)cc1)c1ccccc1. The molecule has 0 aliphatic carbocycles. The number of benzene rings is 5. The molecule has 1 unspecified atom stereocenters. The molecule has 1 N–H and O–H groups in total. The Bertz CT molecular complexity index is 1750. The molecule has 1 fully saturated rings. The number of hydrogen-bond acceptors (Lipinski definition) is 9. The summed E-state index contributed by atoms with van der Waals surface area (Å²) in [7, 11) is 0. The maximum absolute atomic E-state index is 13.3. The normalized spacial score (nSPS) is 20.2. The number of rotatable bonds is 13. The van der Waals surface area contributed by atoms with Gasteiger partial charge < -0.3 is 33.5 Å². The number of aliphatic hydroxyl groups is 1. The Morgan fingerprint density at radius 2 is 1.10 bits per heavy atom. The number of carbonyl (C=O) groups excluding carboxylic acids is 2. The van der Waals surface area contributed by atoms with Crippen molar-refractivity contribution in [3.63, 3.8) is 0 Å². The summed E-state index contributed by atoms with van der Waals surface area (Å²) in [5, 5.41) is 11.8. The van der Waals surface area contributed by atoms with E-state index in [4.69, 9.17) is 28.4 Å². The van der Waals surface area contributed by atoms with Crippen LogP contribution in [0.15, 0.2) is 146 Å². The van der Waals surface area contributed by atoms with Gasteiger partial charge in [-0.15, -0.1) is 0 Å². The number of ether oxygens (including phenoxy) is 6. The summed E-state index contributed by atoms with van der Waals surface area (Å²) in [4.78, 5) is 25.8. The molecule has 6 rings (SSSR count). The molecule has 0 aromatic heterocycles. The van der Waals surface area contributed by atoms with E-state index >= 15 is 0 Å². The van der Waals surface area contributed by atoms with E-state index in [2.05, 4.69) is 0 Å². The molecule has 250 valence electrons. The van der Waals surface area contributed by atoms with Crippen molar-refractivity contribution in [2.45, 2.75) is 43.9 Å². The summed E-state index contributed by atoms with van der Waals surface area (Å²) < 4.78 is 36.3. The van der Waals surface area contributed by atoms with E-state index in [1.165, 1.54) is 0 Å². The monoisotopic (exact) mass is 660 g/mol. The van der Waals surface area contributed by atoms with Gasteiger partial charge in [0.1, 0.15) is 29.8 Å². The Morgan fingerprint density at radius 1 is 0.592 bits per heavy atom. The van der Waals surface area contributed by atoms with E-state index in [1.807, 2.05) is 66.7 Å². The molecule has 0 bridgehead atoms. The molecule has 0 saturated carbocycles. The van der Waals surface area contributed by atoms with Crippen LogP contribution in [0, 0.1) is 0 Å². The minimum atomic E-state index is -1.36. The van der Waals surface area contributed by atoms with Crippen molar-refractivity contribution in [1.29, 1.82) is 0 Å². The van der Waals surface area contributed by atoms with Crippen LogP contribution in [0.5, 0.6) is 11.5 Å². The molecule has 1 aliphatic rings. The van der Waals surface area contributed by atoms with E-state index in [0.717, 1.165) is 11.1 Å². The third kappa shape index (κ3) is 9.19. The summed E-state index contributed by atoms with van der Waals surface area (Å²) in [5.74, 6) is -0.532. The molecule has 1 saturated heterocycles. The lowest BCUT2D eigenvalue weighted by molar-refractivity contribution is -0.289. The molecule has 5 atom stereocenters. The number of aliphatic hydroxyl groups excluding tert-OH is 1. The summed E-state index contributed by atoms with van der Waals surface area (Å²) in [6.07, 6.45) is -5.63. The average Bonchev–Trinajstić information content (AvgIpc) is 3.15. The molecule has 1 heterocycles. The Hall–Kier alpha value is -5.32. The number of hydrogen-bond donors (Lipinski definition) is 1. The Kier molecular flexibility index (Phi) is 11.4. The van der Waals surface area contributed by atoms with Crippen LogP contribution in [0.4, 0.5) is 0 Å². The van der Waals surface area contributed by atoms with Gasteiger partial charge in [0, 0.05) is 0 Å². The lowest BCUT2D eigenvalue weighted by atomic mass is 9.98. The Balaban J connectivity index is 1.22. The predicted molar refractivity (Wildman–Crippen MR) is 180 cm³/mol. The predicted octanol–water partition coefficient (Wildman–Crippen LogP) is 6.40. The van der Waals surface area contributed by atoms with E-state index < -0.39 is 42.6 Å². The zero-order valence-electron chi connectivity index (χ0n) is 26.6. The zero-order valence-corrected chi connectivity index (χ0v) is 26.6. The Labute approximate surface area is 284 Å². The average molecular weight is 661 g/mol. The fourth-order valence-electron chi connectivity index (χ4n) is 5.32. The first-order valence-corrected chi connectivity index (χ1v) is 15.9. The number of carbonyl (C=O) groups is 2. The third-order valence-electron chi connectivity index (χ3n) is 7.84. The largest absolute Gasteiger partial charge is 0.461 e. The molecular weight excluding hydrogens is 624 g/mol. The second-order valence-corrected chi connectivity index (χ2v) is 11.4. The van der Waals surface area contributed by atoms with Crippen molar-refractivity contribution in [2.24, 2.45) is 0 Å². The van der Waals surface area contributed by atoms with Gasteiger partial charge in [-0.1, -0.05) is 97.1 Å². The molecule has 5 aromatic rings. The lowest BCUT2D eigenvalue weighted by Gasteiger charge is -2.43. The van der Waals surface area contributed by atoms with E-state index in [0.29, 0.717) is 29.2 Å². The van der Waals surface area contributed by atoms with E-state index in [9.17, 15) is 14.7 Å². The van der Waals surface area contributed by atoms with Crippen molar-refractivity contribution < 1.29 is 43.1 Å². The van der Waals surface area contributed by atoms with Crippen LogP contribution in [0.2, 0.25) is 0 Å². The second kappa shape index (κ2) is 16.7. The summed E-state index contributed by atoms with van der Waals surface area (Å²) >= 11 is 0. The minimum Gasteiger partial charge on any atom is -0.461 e. The van der Waals surface area contributed by atoms with Crippen molar-refractivity contribution in [3.05, 3.63) is 168 Å². The van der Waals surface area contributed by atoms with Crippen LogP contribution in [-0.2, 0) is 32.2 Å². The van der Waals surface area contributed by atoms with E-state index in [1.54, 1.807) is 78.9 Å². The van der Waals surface area contributed by atoms with Crippen molar-refractivity contribution in [3.8, 4) is 11.5 Å². The molecule has 0 radical (unpaired) electrons. The highest BCUT2D eigenvalue weighted by atomic mass is 16.7. The molecule has 0 amide bonds. The van der Waals surface area contributed by atoms with Gasteiger partial charge in [-0.2, -0.15) is 0 Å². The summed E-state index contributed by atoms with van der Waals surface area (Å²) in [5.41, 5.74) is 2.58. The van der Waals surface area contributed by atoms with E-state index in [-0.39, 0.29) is 13.2 Å². The quantitative estimate of drug-likeness (QED) is 0.113. The molecule has 0 spiro atoms. The van der Waals surface area contributed by atoms with Gasteiger partial charge in [0.25, 0.3) is 0 Å². The van der Waals surface area contributed by atoms with Gasteiger partial charge >= 0.3 is 11.9 Å². The van der Waals surface area contributed by atoms with Crippen LogP contribution in [-0.4, -0.2) is 54.4 Å². The standard InChI is InChI=1S/C40H36O9/c41-35-36(45-26-29-15-7-2-8-16-29)34(27-44-25-28-13-5-1-6-14-28)48-40(37(35)49-39(43)31-19-11-4-12-20-31)47-33-23-21-32(22-24-33)46-38(42)30-17-9-3-10-18-30/h1-24,34-37,40-41H,25-27H2/t34-,35+,36+,37-,40?/m1/s1. The minimum absolute atomic E-state index is 0.0546. The molecule has 1 aliphatic heterocycles. The fraction of sp³-hybridized carbons (Fsp3) is 0.200. The van der Waals surface area contributed by atoms with Gasteiger partial charge in [0.05, 0.1) is 30.9 Å². The molecule has 9 nitrogen and oxygen atoms in total. The first kappa shape index (κ1) is 33.6. The number of esters is 2. The maximum atomic E-state index is 13.3. The molecular formula is C40H36O9. The highest BCUT2D eigenvalue weighted by Crippen LogP contribution is 2.31. The van der Waals surface area contributed by atoms with Crippen LogP contribution in [0.25, 0.3) is 0 Å². The van der Waals surface area contributed by atoms with Crippen LogP contribution in [0.3, 0.4) is 0 Å². The van der Waals surface area contributed by atoms with Crippen molar-refractivity contribution in [2.75, 3.05) is 6.61 Å². The highest BCUT2D eigenvalue weighted by Gasteiger charge is 2.49. The maximum Gasteiger partial charge on any atom is 0.343 e. The third-order valence-corrected chi connectivity index (χ3v) is 7.84. The lowest BCUT2D eigenvalue weighted by Crippen LogP contribution is -2.62. The van der Waals surface area contributed by atoms with Gasteiger partial charge in [-0.3, -0.25) is 0 Å². The molecule has 5 aromatic carbocycles. The second-order valence-electron chi connectivity index (χ2n) is 11.4. The molecule has 49 heavy (non-hydrogen) atoms. The van der Waals surface area contributed by atoms with Crippen LogP contribution < -0.4 is 9.47 Å². The highest BCUT2D eigenvalue weighted by molar-refractivity contribution is 5.91. The van der Waals surface area contributed by atoms with Gasteiger partial charge in [-0.25, -0.2) is 9.59 Å². The summed E-state index contributed by atoms with van der Waals surface area (Å²) in [6.45, 7) is 0.539. The fourth-order valence-corrected chi connectivity index (χ4v) is 5.32. The topological polar surface area (TPSA) is 110 Å². The van der Waals surface area contributed by atoms with Crippen molar-refractivity contribution in [1.82, 2.24) is 0 Å². The first-order valence-electron chi connectivity index (χ1n) is 15.9. The van der Waals surface area contributed by atoms with Crippen LogP contribution in [0.1, 0.15) is 31.8 Å². The van der Waals surface area contributed by atoms with Crippen LogP contribution >= 0.6 is 0 Å².